The van der Waals surface area contributed by atoms with Crippen LogP contribution in [0, 0.1) is 5.92 Å². The average Bonchev–Trinajstić information content (AvgIpc) is 3.39. The summed E-state index contributed by atoms with van der Waals surface area (Å²) in [5.41, 5.74) is 21.4. The molecule has 9 aromatic carbocycles. The number of rotatable bonds is 6. The Morgan fingerprint density at radius 3 is 1.18 bits per heavy atom. The second-order valence-electron chi connectivity index (χ2n) is 17.3. The number of para-hydroxylation sites is 10. The van der Waals surface area contributed by atoms with Crippen molar-refractivity contribution in [2.45, 2.75) is 5.92 Å². The standard InChI is InChI=1S/C62H44N4/c1-5-21-43(22-6-1)61-49-39-37-48(66-59-35-19-15-31-55(59)64(46-27-11-4-12-28-46)56-32-16-20-36-60(56)66)42-52(49)62(44-23-7-2-8-24-44)50-40-38-47(41-51(50)61)65-57-33-17-13-29-53(57)63(45-25-9-3-10-26-45)54-30-14-18-34-58(54)65/h1-42,51,61H. The lowest BCUT2D eigenvalue weighted by Crippen LogP contribution is -2.29. The number of anilines is 11. The van der Waals surface area contributed by atoms with Crippen molar-refractivity contribution in [3.05, 3.63) is 288 Å². The van der Waals surface area contributed by atoms with Gasteiger partial charge in [0.05, 0.1) is 45.5 Å². The topological polar surface area (TPSA) is 13.0 Å². The van der Waals surface area contributed by atoms with Gasteiger partial charge < -0.3 is 19.6 Å². The summed E-state index contributed by atoms with van der Waals surface area (Å²) in [5.74, 6) is 0.103. The molecule has 9 aromatic rings. The van der Waals surface area contributed by atoms with Gasteiger partial charge in [0.1, 0.15) is 0 Å². The Balaban J connectivity index is 1.01. The van der Waals surface area contributed by atoms with Crippen molar-refractivity contribution in [1.82, 2.24) is 0 Å². The maximum absolute atomic E-state index is 2.55. The summed E-state index contributed by atoms with van der Waals surface area (Å²) < 4.78 is 0. The minimum absolute atomic E-state index is 0.0447. The van der Waals surface area contributed by atoms with Gasteiger partial charge in [0, 0.05) is 34.6 Å². The molecule has 0 aromatic heterocycles. The summed E-state index contributed by atoms with van der Waals surface area (Å²) in [6, 6.07) is 86.1. The van der Waals surface area contributed by atoms with Crippen LogP contribution in [0.25, 0.3) is 5.57 Å². The predicted molar refractivity (Wildman–Crippen MR) is 274 cm³/mol. The van der Waals surface area contributed by atoms with E-state index in [-0.39, 0.29) is 11.8 Å². The van der Waals surface area contributed by atoms with E-state index in [1.165, 1.54) is 33.4 Å². The molecule has 0 N–H and O–H groups in total. The van der Waals surface area contributed by atoms with Crippen molar-refractivity contribution < 1.29 is 0 Å². The van der Waals surface area contributed by atoms with E-state index in [0.29, 0.717) is 0 Å². The molecular formula is C62H44N4. The Kier molecular flexibility index (Phi) is 8.95. The quantitative estimate of drug-likeness (QED) is 0.165. The molecule has 2 unspecified atom stereocenters. The lowest BCUT2D eigenvalue weighted by atomic mass is 9.66. The number of benzene rings is 9. The number of fused-ring (bicyclic) bond motifs is 6. The molecule has 0 saturated carbocycles. The van der Waals surface area contributed by atoms with E-state index in [2.05, 4.69) is 274 Å². The molecule has 2 atom stereocenters. The number of hydrogen-bond acceptors (Lipinski definition) is 4. The minimum atomic E-state index is 0.0447. The van der Waals surface area contributed by atoms with Crippen LogP contribution in [0.4, 0.5) is 62.6 Å². The first-order chi connectivity index (χ1) is 32.8. The minimum Gasteiger partial charge on any atom is -0.307 e. The Bertz CT molecular complexity index is 3300. The molecule has 312 valence electrons. The van der Waals surface area contributed by atoms with Gasteiger partial charge in [0.15, 0.2) is 0 Å². The molecule has 0 radical (unpaired) electrons. The van der Waals surface area contributed by atoms with Gasteiger partial charge in [-0.2, -0.15) is 0 Å². The van der Waals surface area contributed by atoms with Gasteiger partial charge in [0.2, 0.25) is 0 Å². The van der Waals surface area contributed by atoms with Crippen LogP contribution in [0.5, 0.6) is 0 Å². The molecule has 0 amide bonds. The zero-order valence-electron chi connectivity index (χ0n) is 36.2. The fourth-order valence-corrected chi connectivity index (χ4v) is 10.9. The summed E-state index contributed by atoms with van der Waals surface area (Å²) in [6.07, 6.45) is 7.33. The van der Waals surface area contributed by atoms with E-state index in [1.54, 1.807) is 0 Å². The smallest absolute Gasteiger partial charge is 0.0703 e. The van der Waals surface area contributed by atoms with Gasteiger partial charge in [-0.15, -0.1) is 0 Å². The predicted octanol–water partition coefficient (Wildman–Crippen LogP) is 16.6. The van der Waals surface area contributed by atoms with Gasteiger partial charge in [-0.1, -0.05) is 164 Å². The molecule has 4 aliphatic rings. The largest absolute Gasteiger partial charge is 0.307 e. The Labute approximate surface area is 386 Å². The highest BCUT2D eigenvalue weighted by molar-refractivity contribution is 6.03. The summed E-state index contributed by atoms with van der Waals surface area (Å²) in [7, 11) is 0. The van der Waals surface area contributed by atoms with E-state index in [0.717, 1.165) is 68.3 Å². The second-order valence-corrected chi connectivity index (χ2v) is 17.3. The van der Waals surface area contributed by atoms with Crippen LogP contribution in [0.15, 0.2) is 266 Å². The molecule has 2 heterocycles. The van der Waals surface area contributed by atoms with Crippen molar-refractivity contribution in [2.24, 2.45) is 5.92 Å². The van der Waals surface area contributed by atoms with Crippen molar-refractivity contribution >= 4 is 68.1 Å². The van der Waals surface area contributed by atoms with Crippen molar-refractivity contribution in [3.63, 3.8) is 0 Å². The van der Waals surface area contributed by atoms with Crippen LogP contribution < -0.4 is 19.6 Å². The van der Waals surface area contributed by atoms with Crippen molar-refractivity contribution in [1.29, 1.82) is 0 Å². The van der Waals surface area contributed by atoms with E-state index >= 15 is 0 Å². The molecule has 0 spiro atoms. The van der Waals surface area contributed by atoms with Crippen LogP contribution in [-0.4, -0.2) is 0 Å². The van der Waals surface area contributed by atoms with Crippen LogP contribution in [0.2, 0.25) is 0 Å². The molecule has 0 bridgehead atoms. The van der Waals surface area contributed by atoms with E-state index in [4.69, 9.17) is 0 Å². The maximum Gasteiger partial charge on any atom is 0.0703 e. The van der Waals surface area contributed by atoms with Gasteiger partial charge in [0.25, 0.3) is 0 Å². The van der Waals surface area contributed by atoms with Crippen LogP contribution >= 0.6 is 0 Å². The summed E-state index contributed by atoms with van der Waals surface area (Å²) in [5, 5.41) is 0. The SMILES string of the molecule is C1=CC2=C(c3ccccc3)c3cc(N4c5ccccc5N(c5ccccc5)c5ccccc54)ccc3C(c3ccccc3)C2C=C1N1c2ccccc2N(c2ccccc2)c2ccccc21. The first-order valence-electron chi connectivity index (χ1n) is 22.9. The summed E-state index contributed by atoms with van der Waals surface area (Å²) in [4.78, 5) is 9.72. The van der Waals surface area contributed by atoms with Gasteiger partial charge in [-0.25, -0.2) is 0 Å². The van der Waals surface area contributed by atoms with Gasteiger partial charge in [-0.05, 0) is 124 Å². The maximum atomic E-state index is 2.55. The Hall–Kier alpha value is -8.60. The van der Waals surface area contributed by atoms with Gasteiger partial charge in [-0.3, -0.25) is 0 Å². The van der Waals surface area contributed by atoms with Crippen molar-refractivity contribution in [2.75, 3.05) is 19.6 Å². The molecule has 0 fully saturated rings. The monoisotopic (exact) mass is 844 g/mol. The zero-order valence-corrected chi connectivity index (χ0v) is 36.2. The average molecular weight is 845 g/mol. The third-order valence-electron chi connectivity index (χ3n) is 13.7. The normalized spacial score (nSPS) is 16.6. The molecule has 2 aliphatic heterocycles. The number of allylic oxidation sites excluding steroid dienone is 4. The molecule has 13 rings (SSSR count). The van der Waals surface area contributed by atoms with Crippen molar-refractivity contribution in [3.8, 4) is 0 Å². The Morgan fingerprint density at radius 1 is 0.318 bits per heavy atom. The summed E-state index contributed by atoms with van der Waals surface area (Å²) in [6.45, 7) is 0. The van der Waals surface area contributed by atoms with Crippen LogP contribution in [-0.2, 0) is 0 Å². The van der Waals surface area contributed by atoms with E-state index in [1.807, 2.05) is 0 Å². The van der Waals surface area contributed by atoms with Crippen LogP contribution in [0.3, 0.4) is 0 Å². The Morgan fingerprint density at radius 2 is 0.712 bits per heavy atom. The number of hydrogen-bond donors (Lipinski definition) is 0. The zero-order chi connectivity index (χ0) is 43.6. The highest BCUT2D eigenvalue weighted by atomic mass is 15.3. The molecule has 2 aliphatic carbocycles. The molecular weight excluding hydrogens is 801 g/mol. The lowest BCUT2D eigenvalue weighted by Gasteiger charge is -2.43. The van der Waals surface area contributed by atoms with Gasteiger partial charge >= 0.3 is 0 Å². The lowest BCUT2D eigenvalue weighted by molar-refractivity contribution is 0.643. The fourth-order valence-electron chi connectivity index (χ4n) is 10.9. The first-order valence-corrected chi connectivity index (χ1v) is 22.9. The van der Waals surface area contributed by atoms with Crippen LogP contribution in [0.1, 0.15) is 28.2 Å². The number of nitrogens with zero attached hydrogens (tertiary/aromatic N) is 4. The molecule has 0 saturated heterocycles. The fraction of sp³-hybridized carbons (Fsp3) is 0.0323. The first kappa shape index (κ1) is 37.9. The third kappa shape index (κ3) is 5.99. The molecule has 66 heavy (non-hydrogen) atoms. The second kappa shape index (κ2) is 15.6. The van der Waals surface area contributed by atoms with E-state index in [9.17, 15) is 0 Å². The summed E-state index contributed by atoms with van der Waals surface area (Å²) >= 11 is 0. The molecule has 4 nitrogen and oxygen atoms in total. The third-order valence-corrected chi connectivity index (χ3v) is 13.7. The highest BCUT2D eigenvalue weighted by Gasteiger charge is 2.40. The highest BCUT2D eigenvalue weighted by Crippen LogP contribution is 2.58. The molecule has 4 heteroatoms. The van der Waals surface area contributed by atoms with E-state index < -0.39 is 0 Å².